The quantitative estimate of drug-likeness (QED) is 0.813. The average molecular weight is 257 g/mol. The van der Waals surface area contributed by atoms with E-state index < -0.39 is 0 Å². The van der Waals surface area contributed by atoms with Gasteiger partial charge in [-0.05, 0) is 18.9 Å². The fourth-order valence-corrected chi connectivity index (χ4v) is 1.45. The molecule has 0 aliphatic heterocycles. The summed E-state index contributed by atoms with van der Waals surface area (Å²) in [5, 5.41) is 2.82. The largest absolute Gasteiger partial charge is 0.352 e. The van der Waals surface area contributed by atoms with Crippen molar-refractivity contribution in [2.75, 3.05) is 6.54 Å². The molecule has 1 aromatic rings. The molecule has 0 radical (unpaired) electrons. The fourth-order valence-electron chi connectivity index (χ4n) is 1.34. The maximum absolute atomic E-state index is 11.7. The van der Waals surface area contributed by atoms with Gasteiger partial charge >= 0.3 is 0 Å². The minimum absolute atomic E-state index is 0.0824. The Kier molecular flexibility index (Phi) is 5.22. The Bertz CT molecular complexity index is 442. The Balaban J connectivity index is 2.53. The van der Waals surface area contributed by atoms with Crippen LogP contribution < -0.4 is 10.9 Å². The van der Waals surface area contributed by atoms with Crippen molar-refractivity contribution in [1.29, 1.82) is 0 Å². The third-order valence-corrected chi connectivity index (χ3v) is 3.08. The molecule has 1 N–H and O–H groups in total. The van der Waals surface area contributed by atoms with Gasteiger partial charge in [-0.15, -0.1) is 11.6 Å². The van der Waals surface area contributed by atoms with Crippen LogP contribution in [0.1, 0.15) is 30.1 Å². The lowest BCUT2D eigenvalue weighted by atomic mass is 10.2. The summed E-state index contributed by atoms with van der Waals surface area (Å²) in [6.07, 6.45) is 3.19. The summed E-state index contributed by atoms with van der Waals surface area (Å²) in [5.74, 6) is -0.234. The minimum Gasteiger partial charge on any atom is -0.352 e. The van der Waals surface area contributed by atoms with Gasteiger partial charge in [0.05, 0.1) is 0 Å². The van der Waals surface area contributed by atoms with Gasteiger partial charge in [0.15, 0.2) is 0 Å². The lowest BCUT2D eigenvalue weighted by Gasteiger charge is -2.08. The molecule has 0 aliphatic rings. The Morgan fingerprint density at radius 1 is 1.59 bits per heavy atom. The molecular formula is C12H17ClN2O2. The first kappa shape index (κ1) is 13.8. The molecule has 1 aromatic heterocycles. The molecule has 17 heavy (non-hydrogen) atoms. The lowest BCUT2D eigenvalue weighted by Crippen LogP contribution is -2.28. The second-order valence-electron chi connectivity index (χ2n) is 3.91. The molecule has 1 rings (SSSR count). The van der Waals surface area contributed by atoms with Crippen LogP contribution in [0.3, 0.4) is 0 Å². The average Bonchev–Trinajstić information content (AvgIpc) is 2.32. The maximum Gasteiger partial charge on any atom is 0.251 e. The second kappa shape index (κ2) is 6.45. The van der Waals surface area contributed by atoms with Crippen LogP contribution in [0, 0.1) is 0 Å². The highest BCUT2D eigenvalue weighted by Gasteiger charge is 2.07. The number of nitrogens with one attached hydrogen (secondary N) is 1. The highest BCUT2D eigenvalue weighted by molar-refractivity contribution is 6.20. The van der Waals surface area contributed by atoms with Crippen molar-refractivity contribution >= 4 is 17.5 Å². The number of carbonyl (C=O) groups is 1. The maximum atomic E-state index is 11.7. The summed E-state index contributed by atoms with van der Waals surface area (Å²) in [6.45, 7) is 2.52. The number of hydrogen-bond acceptors (Lipinski definition) is 2. The van der Waals surface area contributed by atoms with Crippen LogP contribution in [0.15, 0.2) is 23.1 Å². The van der Waals surface area contributed by atoms with E-state index in [1.165, 1.54) is 10.6 Å². The van der Waals surface area contributed by atoms with Gasteiger partial charge in [-0.2, -0.15) is 0 Å². The molecule has 0 bridgehead atoms. The number of hydrogen-bond donors (Lipinski definition) is 1. The van der Waals surface area contributed by atoms with Crippen molar-refractivity contribution < 1.29 is 4.79 Å². The van der Waals surface area contributed by atoms with E-state index in [1.807, 2.05) is 6.92 Å². The van der Waals surface area contributed by atoms with E-state index in [-0.39, 0.29) is 16.8 Å². The van der Waals surface area contributed by atoms with E-state index in [1.54, 1.807) is 19.3 Å². The molecule has 1 atom stereocenters. The van der Waals surface area contributed by atoms with Crippen LogP contribution in [-0.4, -0.2) is 22.4 Å². The van der Waals surface area contributed by atoms with Crippen LogP contribution in [0.4, 0.5) is 0 Å². The zero-order valence-electron chi connectivity index (χ0n) is 10.1. The SMILES string of the molecule is CCC(Cl)CCNC(=O)c1ccn(C)c(=O)c1. The molecule has 0 aromatic carbocycles. The molecule has 94 valence electrons. The lowest BCUT2D eigenvalue weighted by molar-refractivity contribution is 0.0953. The first-order valence-electron chi connectivity index (χ1n) is 5.63. The van der Waals surface area contributed by atoms with Crippen molar-refractivity contribution in [3.8, 4) is 0 Å². The summed E-state index contributed by atoms with van der Waals surface area (Å²) in [5.41, 5.74) is 0.192. The normalized spacial score (nSPS) is 12.2. The predicted octanol–water partition coefficient (Wildman–Crippen LogP) is 1.52. The Morgan fingerprint density at radius 3 is 2.88 bits per heavy atom. The molecular weight excluding hydrogens is 240 g/mol. The van der Waals surface area contributed by atoms with Gasteiger partial charge in [0.2, 0.25) is 0 Å². The Morgan fingerprint density at radius 2 is 2.29 bits per heavy atom. The van der Waals surface area contributed by atoms with E-state index in [4.69, 9.17) is 11.6 Å². The van der Waals surface area contributed by atoms with Gasteiger partial charge in [0, 0.05) is 36.8 Å². The number of nitrogens with zero attached hydrogens (tertiary/aromatic N) is 1. The molecule has 1 unspecified atom stereocenters. The first-order valence-corrected chi connectivity index (χ1v) is 6.07. The van der Waals surface area contributed by atoms with Crippen LogP contribution in [-0.2, 0) is 7.05 Å². The monoisotopic (exact) mass is 256 g/mol. The van der Waals surface area contributed by atoms with Gasteiger partial charge in [0.25, 0.3) is 11.5 Å². The molecule has 5 heteroatoms. The van der Waals surface area contributed by atoms with Crippen LogP contribution in [0.2, 0.25) is 0 Å². The summed E-state index contributed by atoms with van der Waals surface area (Å²) < 4.78 is 1.42. The Hall–Kier alpha value is -1.29. The van der Waals surface area contributed by atoms with Crippen LogP contribution >= 0.6 is 11.6 Å². The van der Waals surface area contributed by atoms with E-state index >= 15 is 0 Å². The highest BCUT2D eigenvalue weighted by atomic mass is 35.5. The standard InChI is InChI=1S/C12H17ClN2O2/c1-3-10(13)4-6-14-12(17)9-5-7-15(2)11(16)8-9/h5,7-8,10H,3-4,6H2,1-2H3,(H,14,17). The summed E-state index contributed by atoms with van der Waals surface area (Å²) in [6, 6.07) is 2.95. The topological polar surface area (TPSA) is 51.1 Å². The number of aryl methyl sites for hydroxylation is 1. The van der Waals surface area contributed by atoms with Gasteiger partial charge in [-0.3, -0.25) is 9.59 Å². The molecule has 1 heterocycles. The van der Waals surface area contributed by atoms with Crippen LogP contribution in [0.25, 0.3) is 0 Å². The van der Waals surface area contributed by atoms with Crippen molar-refractivity contribution in [3.63, 3.8) is 0 Å². The fraction of sp³-hybridized carbons (Fsp3) is 0.500. The molecule has 1 amide bonds. The summed E-state index contributed by atoms with van der Waals surface area (Å²) >= 11 is 5.94. The number of aromatic nitrogens is 1. The predicted molar refractivity (Wildman–Crippen MR) is 68.6 cm³/mol. The zero-order chi connectivity index (χ0) is 12.8. The minimum atomic E-state index is -0.234. The highest BCUT2D eigenvalue weighted by Crippen LogP contribution is 2.05. The molecule has 0 fully saturated rings. The summed E-state index contributed by atoms with van der Waals surface area (Å²) in [7, 11) is 1.64. The number of alkyl halides is 1. The van der Waals surface area contributed by atoms with Gasteiger partial charge in [0.1, 0.15) is 0 Å². The van der Waals surface area contributed by atoms with E-state index in [0.29, 0.717) is 12.1 Å². The number of carbonyl (C=O) groups excluding carboxylic acids is 1. The van der Waals surface area contributed by atoms with Gasteiger partial charge in [-0.1, -0.05) is 6.92 Å². The van der Waals surface area contributed by atoms with Gasteiger partial charge in [-0.25, -0.2) is 0 Å². The second-order valence-corrected chi connectivity index (χ2v) is 4.53. The van der Waals surface area contributed by atoms with E-state index in [2.05, 4.69) is 5.32 Å². The molecule has 0 saturated heterocycles. The molecule has 0 spiro atoms. The molecule has 4 nitrogen and oxygen atoms in total. The van der Waals surface area contributed by atoms with E-state index in [0.717, 1.165) is 12.8 Å². The number of rotatable bonds is 5. The number of pyridine rings is 1. The van der Waals surface area contributed by atoms with Crippen molar-refractivity contribution in [1.82, 2.24) is 9.88 Å². The zero-order valence-corrected chi connectivity index (χ0v) is 10.8. The van der Waals surface area contributed by atoms with E-state index in [9.17, 15) is 9.59 Å². The van der Waals surface area contributed by atoms with Crippen molar-refractivity contribution in [2.24, 2.45) is 7.05 Å². The molecule has 0 saturated carbocycles. The van der Waals surface area contributed by atoms with Gasteiger partial charge < -0.3 is 9.88 Å². The van der Waals surface area contributed by atoms with Crippen molar-refractivity contribution in [3.05, 3.63) is 34.2 Å². The number of halogens is 1. The molecule has 0 aliphatic carbocycles. The third kappa shape index (κ3) is 4.23. The first-order chi connectivity index (χ1) is 8.04. The third-order valence-electron chi connectivity index (χ3n) is 2.55. The smallest absolute Gasteiger partial charge is 0.251 e. The number of amides is 1. The van der Waals surface area contributed by atoms with Crippen LogP contribution in [0.5, 0.6) is 0 Å². The Labute approximate surface area is 106 Å². The van der Waals surface area contributed by atoms with Crippen molar-refractivity contribution in [2.45, 2.75) is 25.1 Å². The summed E-state index contributed by atoms with van der Waals surface area (Å²) in [4.78, 5) is 23.0.